The van der Waals surface area contributed by atoms with Gasteiger partial charge in [-0.05, 0) is 118 Å². The number of piperazine rings is 2. The van der Waals surface area contributed by atoms with E-state index >= 15 is 0 Å². The number of unbranched alkanes of at least 4 members (excludes halogenated alkanes) is 1. The van der Waals surface area contributed by atoms with E-state index in [0.29, 0.717) is 18.9 Å². The van der Waals surface area contributed by atoms with Gasteiger partial charge in [-0.25, -0.2) is 4.98 Å². The summed E-state index contributed by atoms with van der Waals surface area (Å²) < 4.78 is 2.02. The van der Waals surface area contributed by atoms with Crippen LogP contribution < -0.4 is 10.2 Å². The molecule has 0 radical (unpaired) electrons. The first-order chi connectivity index (χ1) is 29.4. The molecule has 2 N–H and O–H groups in total. The van der Waals surface area contributed by atoms with Crippen LogP contribution in [0.4, 0.5) is 5.82 Å². The van der Waals surface area contributed by atoms with E-state index in [0.717, 1.165) is 161 Å². The van der Waals surface area contributed by atoms with Crippen LogP contribution in [0.5, 0.6) is 0 Å². The zero-order valence-electron chi connectivity index (χ0n) is 35.8. The van der Waals surface area contributed by atoms with Crippen LogP contribution in [0.15, 0.2) is 60.7 Å². The quantitative estimate of drug-likeness (QED) is 0.127. The summed E-state index contributed by atoms with van der Waals surface area (Å²) in [5.41, 5.74) is 7.15. The minimum absolute atomic E-state index is 0.176. The molecule has 320 valence electrons. The molecule has 10 rings (SSSR count). The lowest BCUT2D eigenvalue weighted by atomic mass is 9.51. The smallest absolute Gasteiger partial charge is 0.222 e. The van der Waals surface area contributed by atoms with E-state index < -0.39 is 0 Å². The molecule has 0 spiro atoms. The summed E-state index contributed by atoms with van der Waals surface area (Å²) in [6.07, 6.45) is 12.0. The fourth-order valence-electron chi connectivity index (χ4n) is 11.8. The van der Waals surface area contributed by atoms with Crippen LogP contribution in [-0.2, 0) is 16.0 Å². The molecule has 2 amide bonds. The Labute approximate surface area is 356 Å². The topological polar surface area (TPSA) is 110 Å². The normalized spacial score (nSPS) is 24.4. The van der Waals surface area contributed by atoms with E-state index in [1.165, 1.54) is 37.7 Å². The van der Waals surface area contributed by atoms with E-state index in [9.17, 15) is 14.7 Å². The van der Waals surface area contributed by atoms with Gasteiger partial charge >= 0.3 is 0 Å². The second kappa shape index (κ2) is 18.7. The zero-order chi connectivity index (χ0) is 41.0. The maximum absolute atomic E-state index is 13.3. The van der Waals surface area contributed by atoms with Gasteiger partial charge in [-0.2, -0.15) is 9.61 Å². The summed E-state index contributed by atoms with van der Waals surface area (Å²) in [6, 6.07) is 21.3. The molecule has 4 saturated carbocycles. The third-order valence-corrected chi connectivity index (χ3v) is 14.8. The van der Waals surface area contributed by atoms with E-state index in [1.807, 2.05) is 10.6 Å². The van der Waals surface area contributed by atoms with Crippen LogP contribution in [0, 0.1) is 36.5 Å². The number of nitrogens with one attached hydrogen (secondary N) is 1. The predicted octanol–water partition coefficient (Wildman–Crippen LogP) is 6.31. The van der Waals surface area contributed by atoms with Crippen molar-refractivity contribution in [2.45, 2.75) is 77.6 Å². The fraction of sp³-hybridized carbons (Fsp3) is 0.592. The number of hydrogen-bond acceptors (Lipinski definition) is 8. The van der Waals surface area contributed by atoms with Gasteiger partial charge in [0.25, 0.3) is 0 Å². The zero-order valence-corrected chi connectivity index (χ0v) is 35.8. The van der Waals surface area contributed by atoms with Crippen LogP contribution in [0.1, 0.15) is 75.5 Å². The number of carbonyl (C=O) groups is 2. The number of fused-ring (bicyclic) bond motifs is 1. The molecule has 11 nitrogen and oxygen atoms in total. The highest BCUT2D eigenvalue weighted by atomic mass is 16.3. The Bertz CT molecular complexity index is 2060. The fourth-order valence-corrected chi connectivity index (χ4v) is 11.8. The monoisotopic (exact) mass is 815 g/mol. The lowest BCUT2D eigenvalue weighted by Gasteiger charge is -2.54. The van der Waals surface area contributed by atoms with E-state index in [2.05, 4.69) is 86.4 Å². The molecule has 2 aromatic heterocycles. The van der Waals surface area contributed by atoms with Gasteiger partial charge in [-0.1, -0.05) is 48.5 Å². The van der Waals surface area contributed by atoms with Crippen molar-refractivity contribution in [2.24, 2.45) is 29.6 Å². The maximum atomic E-state index is 13.3. The molecule has 0 atom stereocenters. The Morgan fingerprint density at radius 1 is 0.767 bits per heavy atom. The minimum atomic E-state index is 0.176. The molecule has 4 bridgehead atoms. The number of carbonyl (C=O) groups excluding carboxylic acids is 2. The Hall–Kier alpha value is -4.32. The van der Waals surface area contributed by atoms with Crippen LogP contribution in [0.3, 0.4) is 0 Å². The first-order valence-electron chi connectivity index (χ1n) is 23.3. The second-order valence-corrected chi connectivity index (χ2v) is 18.7. The van der Waals surface area contributed by atoms with Crippen molar-refractivity contribution in [3.8, 4) is 22.4 Å². The molecule has 6 aliphatic rings. The van der Waals surface area contributed by atoms with E-state index in [-0.39, 0.29) is 18.4 Å². The molecular formula is C49H66N8O3. The summed E-state index contributed by atoms with van der Waals surface area (Å²) in [4.78, 5) is 40.7. The summed E-state index contributed by atoms with van der Waals surface area (Å²) in [5.74, 6) is 5.76. The summed E-state index contributed by atoms with van der Waals surface area (Å²) in [6.45, 7) is 11.7. The third-order valence-electron chi connectivity index (χ3n) is 14.8. The first kappa shape index (κ1) is 41.1. The highest BCUT2D eigenvalue weighted by Crippen LogP contribution is 2.57. The van der Waals surface area contributed by atoms with Crippen LogP contribution in [-0.4, -0.2) is 125 Å². The van der Waals surface area contributed by atoms with Gasteiger partial charge in [0.05, 0.1) is 18.0 Å². The number of β-amino-alcohol motifs (C(OH)–C–C–N with tert-alkyl or cyclic N) is 1. The standard InChI is InChI=1S/C49H66N8O3/c1-35-48(39-11-3-2-4-12-39)49-51-44(34-46(57(49)52-35)55-21-17-54(18-22-55)25-26-58)40-13-7-9-36(28-40)10-8-14-47(60)56-23-19-53(20-24-56)16-6-5-15-50-45(59)33-43-41-29-37-27-38(31-41)32-42(43)30-37/h2-4,7,9,11-13,28,34,37-38,41-43,58H,5-6,8,10,14-27,29-33H2,1H3,(H,50,59). The number of aromatic nitrogens is 3. The molecule has 4 aromatic rings. The van der Waals surface area contributed by atoms with Gasteiger partial charge in [0, 0.05) is 95.5 Å². The lowest BCUT2D eigenvalue weighted by Crippen LogP contribution is -2.48. The minimum Gasteiger partial charge on any atom is -0.395 e. The van der Waals surface area contributed by atoms with Crippen molar-refractivity contribution in [1.29, 1.82) is 0 Å². The molecule has 6 fully saturated rings. The van der Waals surface area contributed by atoms with E-state index in [4.69, 9.17) is 10.1 Å². The van der Waals surface area contributed by atoms with Crippen molar-refractivity contribution >= 4 is 23.3 Å². The van der Waals surface area contributed by atoms with Crippen molar-refractivity contribution in [1.82, 2.24) is 34.6 Å². The Balaban J connectivity index is 0.743. The summed E-state index contributed by atoms with van der Waals surface area (Å²) in [5, 5.41) is 17.8. The predicted molar refractivity (Wildman–Crippen MR) is 238 cm³/mol. The van der Waals surface area contributed by atoms with Gasteiger partial charge in [0.1, 0.15) is 5.82 Å². The molecule has 2 aromatic carbocycles. The number of amides is 2. The summed E-state index contributed by atoms with van der Waals surface area (Å²) in [7, 11) is 0. The van der Waals surface area contributed by atoms with Crippen molar-refractivity contribution in [3.63, 3.8) is 0 Å². The number of aliphatic hydroxyl groups excluding tert-OH is 1. The molecule has 2 aliphatic heterocycles. The number of aliphatic hydroxyl groups is 1. The average molecular weight is 815 g/mol. The van der Waals surface area contributed by atoms with Gasteiger partial charge in [0.2, 0.25) is 11.8 Å². The van der Waals surface area contributed by atoms with Gasteiger partial charge in [0.15, 0.2) is 5.65 Å². The number of aryl methyl sites for hydroxylation is 2. The molecule has 11 heteroatoms. The molecule has 4 heterocycles. The van der Waals surface area contributed by atoms with Crippen LogP contribution in [0.2, 0.25) is 0 Å². The molecule has 0 unspecified atom stereocenters. The third kappa shape index (κ3) is 9.28. The largest absolute Gasteiger partial charge is 0.395 e. The number of hydrogen-bond donors (Lipinski definition) is 2. The highest BCUT2D eigenvalue weighted by Gasteiger charge is 2.48. The Morgan fingerprint density at radius 2 is 1.47 bits per heavy atom. The number of benzene rings is 2. The Morgan fingerprint density at radius 3 is 2.20 bits per heavy atom. The second-order valence-electron chi connectivity index (χ2n) is 18.7. The van der Waals surface area contributed by atoms with Crippen molar-refractivity contribution in [3.05, 3.63) is 71.9 Å². The highest BCUT2D eigenvalue weighted by molar-refractivity contribution is 5.83. The van der Waals surface area contributed by atoms with Crippen molar-refractivity contribution in [2.75, 3.05) is 83.5 Å². The SMILES string of the molecule is Cc1nn2c(N3CCN(CCO)CC3)cc(-c3cccc(CCCC(=O)N4CCN(CCCCNC(=O)CC5C6CC7CC(C6)CC5C7)CC4)c3)nc2c1-c1ccccc1. The van der Waals surface area contributed by atoms with Crippen molar-refractivity contribution < 1.29 is 14.7 Å². The van der Waals surface area contributed by atoms with Gasteiger partial charge < -0.3 is 20.2 Å². The molecular weight excluding hydrogens is 749 g/mol. The van der Waals surface area contributed by atoms with Crippen LogP contribution in [0.25, 0.3) is 28.0 Å². The Kier molecular flexibility index (Phi) is 12.8. The number of nitrogens with zero attached hydrogens (tertiary/aromatic N) is 7. The average Bonchev–Trinajstić information content (AvgIpc) is 3.60. The van der Waals surface area contributed by atoms with Gasteiger partial charge in [-0.3, -0.25) is 19.4 Å². The lowest BCUT2D eigenvalue weighted by molar-refractivity contribution is -0.133. The first-order valence-corrected chi connectivity index (χ1v) is 23.3. The molecule has 60 heavy (non-hydrogen) atoms. The maximum Gasteiger partial charge on any atom is 0.222 e. The number of anilines is 1. The van der Waals surface area contributed by atoms with Gasteiger partial charge in [-0.15, -0.1) is 0 Å². The molecule has 2 saturated heterocycles. The summed E-state index contributed by atoms with van der Waals surface area (Å²) >= 11 is 0. The van der Waals surface area contributed by atoms with E-state index in [1.54, 1.807) is 0 Å². The van der Waals surface area contributed by atoms with Crippen LogP contribution >= 0.6 is 0 Å². The molecule has 4 aliphatic carbocycles. The number of rotatable bonds is 16.